The Morgan fingerprint density at radius 1 is 1.04 bits per heavy atom. The Morgan fingerprint density at radius 3 is 2.38 bits per heavy atom. The van der Waals surface area contributed by atoms with Gasteiger partial charge >= 0.3 is 6.18 Å². The second kappa shape index (κ2) is 10.5. The largest absolute Gasteiger partial charge is 0.433 e. The average Bonchev–Trinajstić information content (AvgIpc) is 3.31. The molecule has 234 valence electrons. The molecule has 4 aromatic rings. The fourth-order valence-corrected chi connectivity index (χ4v) is 6.40. The van der Waals surface area contributed by atoms with Crippen LogP contribution < -0.4 is 5.32 Å². The predicted molar refractivity (Wildman–Crippen MR) is 157 cm³/mol. The number of aromatic nitrogens is 4. The first-order valence-electron chi connectivity index (χ1n) is 14.4. The van der Waals surface area contributed by atoms with Crippen LogP contribution >= 0.6 is 0 Å². The molecule has 45 heavy (non-hydrogen) atoms. The first-order valence-corrected chi connectivity index (χ1v) is 14.4. The Hall–Kier alpha value is -4.68. The summed E-state index contributed by atoms with van der Waals surface area (Å²) in [4.78, 5) is 53.5. The number of pyridine rings is 1. The van der Waals surface area contributed by atoms with Gasteiger partial charge in [-0.05, 0) is 69.2 Å². The molecule has 3 atom stereocenters. The molecule has 2 aliphatic rings. The summed E-state index contributed by atoms with van der Waals surface area (Å²) in [7, 11) is 0. The Kier molecular flexibility index (Phi) is 7.05. The highest BCUT2D eigenvalue weighted by molar-refractivity contribution is 6.09. The monoisotopic (exact) mass is 622 g/mol. The number of ketones is 1. The molecule has 0 spiro atoms. The number of carbonyl (C=O) groups is 3. The molecule has 1 aliphatic heterocycles. The van der Waals surface area contributed by atoms with Crippen molar-refractivity contribution in [1.29, 1.82) is 0 Å². The van der Waals surface area contributed by atoms with Crippen LogP contribution in [-0.4, -0.2) is 54.1 Å². The lowest BCUT2D eigenvalue weighted by molar-refractivity contribution is -0.141. The van der Waals surface area contributed by atoms with Crippen LogP contribution in [0.2, 0.25) is 0 Å². The van der Waals surface area contributed by atoms with Gasteiger partial charge in [0, 0.05) is 52.8 Å². The summed E-state index contributed by atoms with van der Waals surface area (Å²) in [5.74, 6) is -2.39. The highest BCUT2D eigenvalue weighted by Gasteiger charge is 2.64. The maximum absolute atomic E-state index is 14.3. The summed E-state index contributed by atoms with van der Waals surface area (Å²) in [6.07, 6.45) is 1.08. The number of benzene rings is 1. The van der Waals surface area contributed by atoms with Gasteiger partial charge in [-0.25, -0.2) is 19.3 Å². The van der Waals surface area contributed by atoms with Gasteiger partial charge in [0.1, 0.15) is 35.7 Å². The number of nitrogens with zero attached hydrogens (tertiary/aromatic N) is 5. The van der Waals surface area contributed by atoms with Crippen LogP contribution in [0.5, 0.6) is 0 Å². The molecule has 1 aromatic carbocycles. The molecule has 1 saturated heterocycles. The van der Waals surface area contributed by atoms with Crippen molar-refractivity contribution in [3.8, 4) is 11.1 Å². The van der Waals surface area contributed by atoms with Crippen LogP contribution in [0.15, 0.2) is 36.8 Å². The number of halogens is 4. The van der Waals surface area contributed by atoms with E-state index in [-0.39, 0.29) is 41.3 Å². The van der Waals surface area contributed by atoms with Crippen LogP contribution in [0, 0.1) is 32.0 Å². The van der Waals surface area contributed by atoms with E-state index >= 15 is 0 Å². The molecule has 0 radical (unpaired) electrons. The number of carbonyl (C=O) groups excluding carboxylic acids is 3. The number of nitrogens with one attached hydrogen (secondary N) is 1. The van der Waals surface area contributed by atoms with E-state index in [1.54, 1.807) is 30.1 Å². The van der Waals surface area contributed by atoms with Crippen LogP contribution in [-0.2, 0) is 22.3 Å². The number of aryl methyl sites for hydroxylation is 2. The molecule has 0 unspecified atom stereocenters. The number of piperidine rings is 1. The van der Waals surface area contributed by atoms with Gasteiger partial charge in [-0.1, -0.05) is 6.92 Å². The SMILES string of the molecule is CC(=O)c1cn(CC(=O)N2[C@H](C(=O)Nc3nc(C(F)(F)F)cc(F)c3C)C[C@@]3(C)C[C@@H]23)c2c(C)cc(-c3cnc(C)nc3)cc12. The van der Waals surface area contributed by atoms with Crippen molar-refractivity contribution in [3.05, 3.63) is 70.8 Å². The highest BCUT2D eigenvalue weighted by Crippen LogP contribution is 2.59. The molecular formula is C32H30F4N6O3. The highest BCUT2D eigenvalue weighted by atomic mass is 19.4. The van der Waals surface area contributed by atoms with E-state index in [1.165, 1.54) is 18.7 Å². The summed E-state index contributed by atoms with van der Waals surface area (Å²) in [5.41, 5.74) is 1.46. The number of alkyl halides is 3. The molecule has 13 heteroatoms. The predicted octanol–water partition coefficient (Wildman–Crippen LogP) is 5.80. The van der Waals surface area contributed by atoms with Gasteiger partial charge < -0.3 is 14.8 Å². The molecule has 2 amide bonds. The number of rotatable bonds is 6. The summed E-state index contributed by atoms with van der Waals surface area (Å²) in [5, 5.41) is 3.01. The van der Waals surface area contributed by atoms with Crippen molar-refractivity contribution < 1.29 is 31.9 Å². The summed E-state index contributed by atoms with van der Waals surface area (Å²) >= 11 is 0. The molecule has 9 nitrogen and oxygen atoms in total. The van der Waals surface area contributed by atoms with Crippen LogP contribution in [0.3, 0.4) is 0 Å². The second-order valence-corrected chi connectivity index (χ2v) is 12.3. The van der Waals surface area contributed by atoms with E-state index in [0.29, 0.717) is 35.1 Å². The number of anilines is 1. The Labute approximate surface area is 255 Å². The number of fused-ring (bicyclic) bond motifs is 2. The minimum absolute atomic E-state index is 0.177. The standard InChI is InChI=1S/C32H30F4N6O3/c1-15-6-19(20-11-37-18(4)38-12-20)7-21-22(17(3)43)13-41(28(15)21)14-27(44)42-24(9-31(5)10-26(31)42)30(45)40-29-16(2)23(33)8-25(39-29)32(34,35)36/h6-8,11-13,24,26H,9-10,14H2,1-5H3,(H,39,40,45)/t24-,26+,31-/m0/s1. The maximum atomic E-state index is 14.3. The fourth-order valence-electron chi connectivity index (χ4n) is 6.40. The number of likely N-dealkylation sites (tertiary alicyclic amines) is 1. The van der Waals surface area contributed by atoms with Crippen molar-refractivity contribution in [1.82, 2.24) is 24.4 Å². The van der Waals surface area contributed by atoms with Crippen LogP contribution in [0.25, 0.3) is 22.0 Å². The van der Waals surface area contributed by atoms with Crippen molar-refractivity contribution in [2.45, 2.75) is 72.3 Å². The van der Waals surface area contributed by atoms with Crippen molar-refractivity contribution in [3.63, 3.8) is 0 Å². The quantitative estimate of drug-likeness (QED) is 0.215. The third-order valence-corrected chi connectivity index (χ3v) is 8.93. The first kappa shape index (κ1) is 30.4. The Bertz CT molecular complexity index is 1900. The molecule has 1 saturated carbocycles. The van der Waals surface area contributed by atoms with Gasteiger partial charge in [-0.15, -0.1) is 0 Å². The molecule has 4 heterocycles. The zero-order chi connectivity index (χ0) is 32.6. The molecular weight excluding hydrogens is 592 g/mol. The minimum atomic E-state index is -4.91. The van der Waals surface area contributed by atoms with Crippen molar-refractivity contribution in [2.75, 3.05) is 5.32 Å². The third kappa shape index (κ3) is 5.33. The lowest BCUT2D eigenvalue weighted by Crippen LogP contribution is -2.46. The van der Waals surface area contributed by atoms with Gasteiger partial charge in [-0.2, -0.15) is 13.2 Å². The van der Waals surface area contributed by atoms with E-state index in [1.807, 2.05) is 26.0 Å². The molecule has 1 aliphatic carbocycles. The van der Waals surface area contributed by atoms with Gasteiger partial charge in [0.05, 0.1) is 5.52 Å². The normalized spacial score (nSPS) is 20.8. The zero-order valence-electron chi connectivity index (χ0n) is 25.2. The van der Waals surface area contributed by atoms with Crippen LogP contribution in [0.4, 0.5) is 23.4 Å². The van der Waals surface area contributed by atoms with E-state index in [0.717, 1.165) is 16.7 Å². The third-order valence-electron chi connectivity index (χ3n) is 8.93. The molecule has 3 aromatic heterocycles. The number of Topliss-reactive ketones (excluding diaryl/α,β-unsaturated/α-hetero) is 1. The van der Waals surface area contributed by atoms with Crippen molar-refractivity contribution in [2.24, 2.45) is 5.41 Å². The Balaban J connectivity index is 1.31. The molecule has 6 rings (SSSR count). The minimum Gasteiger partial charge on any atom is -0.337 e. The van der Waals surface area contributed by atoms with Gasteiger partial charge in [0.15, 0.2) is 5.78 Å². The topological polar surface area (TPSA) is 110 Å². The van der Waals surface area contributed by atoms with Gasteiger partial charge in [-0.3, -0.25) is 14.4 Å². The lowest BCUT2D eigenvalue weighted by Gasteiger charge is -2.27. The molecule has 0 bridgehead atoms. The fraction of sp³-hybridized carbons (Fsp3) is 0.375. The van der Waals surface area contributed by atoms with E-state index in [2.05, 4.69) is 20.3 Å². The van der Waals surface area contributed by atoms with E-state index < -0.39 is 35.5 Å². The van der Waals surface area contributed by atoms with E-state index in [9.17, 15) is 31.9 Å². The lowest BCUT2D eigenvalue weighted by atomic mass is 10.0. The van der Waals surface area contributed by atoms with Gasteiger partial charge in [0.2, 0.25) is 11.8 Å². The van der Waals surface area contributed by atoms with E-state index in [4.69, 9.17) is 0 Å². The molecule has 1 N–H and O–H groups in total. The summed E-state index contributed by atoms with van der Waals surface area (Å²) < 4.78 is 55.9. The second-order valence-electron chi connectivity index (χ2n) is 12.3. The number of hydrogen-bond donors (Lipinski definition) is 1. The first-order chi connectivity index (χ1) is 21.1. The van der Waals surface area contributed by atoms with Crippen LogP contribution in [0.1, 0.15) is 59.7 Å². The number of amides is 2. The Morgan fingerprint density at radius 2 is 1.73 bits per heavy atom. The summed E-state index contributed by atoms with van der Waals surface area (Å²) in [6.45, 7) is 8.09. The van der Waals surface area contributed by atoms with Gasteiger partial charge in [0.25, 0.3) is 0 Å². The maximum Gasteiger partial charge on any atom is 0.433 e. The smallest absolute Gasteiger partial charge is 0.337 e. The number of hydrogen-bond acceptors (Lipinski definition) is 6. The zero-order valence-corrected chi connectivity index (χ0v) is 25.2. The molecule has 2 fully saturated rings. The van der Waals surface area contributed by atoms with Crippen molar-refractivity contribution >= 4 is 34.3 Å². The summed E-state index contributed by atoms with van der Waals surface area (Å²) in [6, 6.07) is 2.83. The average molecular weight is 623 g/mol.